The fourth-order valence-electron chi connectivity index (χ4n) is 7.08. The molecule has 0 N–H and O–H groups in total. The Hall–Kier alpha value is 0.0800. The van der Waals surface area contributed by atoms with E-state index in [1.54, 1.807) is 0 Å². The molecule has 1 aromatic carbocycles. The van der Waals surface area contributed by atoms with Gasteiger partial charge in [-0.1, -0.05) is 71.6 Å². The molecule has 3 fully saturated rings. The van der Waals surface area contributed by atoms with Gasteiger partial charge in [0.1, 0.15) is 0 Å². The first kappa shape index (κ1) is 22.3. The largest absolute Gasteiger partial charge is 0.155 e. The lowest BCUT2D eigenvalue weighted by atomic mass is 9.99. The van der Waals surface area contributed by atoms with Crippen LogP contribution in [0.1, 0.15) is 90.4 Å². The van der Waals surface area contributed by atoms with E-state index in [0.717, 1.165) is 28.6 Å². The summed E-state index contributed by atoms with van der Waals surface area (Å²) in [5, 5.41) is 1.46. The van der Waals surface area contributed by atoms with Crippen LogP contribution in [0.5, 0.6) is 0 Å². The van der Waals surface area contributed by atoms with E-state index in [9.17, 15) is 0 Å². The molecule has 0 aromatic heterocycles. The van der Waals surface area contributed by atoms with Crippen molar-refractivity contribution in [3.05, 3.63) is 37.0 Å². The molecule has 0 saturated heterocycles. The third-order valence-electron chi connectivity index (χ3n) is 8.62. The van der Waals surface area contributed by atoms with Crippen LogP contribution in [0.2, 0.25) is 0 Å². The first-order chi connectivity index (χ1) is 14.1. The average molecular weight is 430 g/mol. The van der Waals surface area contributed by atoms with Crippen molar-refractivity contribution in [1.29, 1.82) is 0 Å². The summed E-state index contributed by atoms with van der Waals surface area (Å²) in [6.45, 7) is 12.4. The van der Waals surface area contributed by atoms with Crippen LogP contribution in [0.15, 0.2) is 30.3 Å². The van der Waals surface area contributed by atoms with Crippen molar-refractivity contribution in [2.45, 2.75) is 113 Å². The highest BCUT2D eigenvalue weighted by Crippen LogP contribution is 2.68. The quantitative estimate of drug-likeness (QED) is 0.399. The van der Waals surface area contributed by atoms with E-state index in [2.05, 4.69) is 43.9 Å². The number of rotatable bonds is 6. The number of hydrogen-bond acceptors (Lipinski definition) is 0. The minimum Gasteiger partial charge on any atom is -0.0970 e. The van der Waals surface area contributed by atoms with Crippen LogP contribution in [-0.4, -0.2) is 29.3 Å². The third kappa shape index (κ3) is 4.96. The summed E-state index contributed by atoms with van der Waals surface area (Å²) in [7, 11) is -1.41. The minimum atomic E-state index is -1.56. The molecular weight excluding hydrogens is 386 g/mol. The second kappa shape index (κ2) is 10.1. The monoisotopic (exact) mass is 429 g/mol. The van der Waals surface area contributed by atoms with Gasteiger partial charge in [-0.15, -0.1) is 0 Å². The van der Waals surface area contributed by atoms with Crippen LogP contribution in [0.3, 0.4) is 0 Å². The molecule has 0 amide bonds. The maximum atomic E-state index is 7.25. The molecule has 0 bridgehead atoms. The van der Waals surface area contributed by atoms with Gasteiger partial charge in [-0.05, 0) is 74.1 Å². The molecule has 4 rings (SSSR count). The van der Waals surface area contributed by atoms with Gasteiger partial charge in [0.25, 0.3) is 0 Å². The number of hydrogen-bond donors (Lipinski definition) is 0. The van der Waals surface area contributed by atoms with Crippen molar-refractivity contribution >= 4 is 20.5 Å². The summed E-state index contributed by atoms with van der Waals surface area (Å²) in [5.74, 6) is 0.883. The molecule has 3 aliphatic carbocycles. The van der Waals surface area contributed by atoms with Gasteiger partial charge in [-0.25, -0.2) is 0 Å². The van der Waals surface area contributed by atoms with E-state index in [4.69, 9.17) is 6.66 Å². The van der Waals surface area contributed by atoms with Crippen molar-refractivity contribution in [2.24, 2.45) is 5.92 Å². The van der Waals surface area contributed by atoms with Crippen LogP contribution in [0, 0.1) is 12.6 Å². The van der Waals surface area contributed by atoms with E-state index in [0.29, 0.717) is 0 Å². The molecule has 0 nitrogen and oxygen atoms in total. The van der Waals surface area contributed by atoms with E-state index in [1.165, 1.54) is 88.8 Å². The molecule has 2 heteroatoms. The van der Waals surface area contributed by atoms with Gasteiger partial charge in [0.2, 0.25) is 0 Å². The summed E-state index contributed by atoms with van der Waals surface area (Å²) < 4.78 is 0. The molecule has 29 heavy (non-hydrogen) atoms. The SMILES string of the molecule is [CH][P+](C)(c1ccccc1)C1CCCC1[C@@H](C)P(C1CCCCC1)C1CCCCC1. The topological polar surface area (TPSA) is 0 Å². The Labute approximate surface area is 183 Å². The fourth-order valence-corrected chi connectivity index (χ4v) is 15.0. The highest BCUT2D eigenvalue weighted by molar-refractivity contribution is 7.84. The van der Waals surface area contributed by atoms with Gasteiger partial charge in [0.05, 0.1) is 24.9 Å². The highest BCUT2D eigenvalue weighted by Gasteiger charge is 2.51. The Kier molecular flexibility index (Phi) is 7.78. The van der Waals surface area contributed by atoms with Crippen LogP contribution in [0.4, 0.5) is 0 Å². The molecule has 0 heterocycles. The van der Waals surface area contributed by atoms with Crippen molar-refractivity contribution < 1.29 is 0 Å². The van der Waals surface area contributed by atoms with Gasteiger partial charge in [-0.3, -0.25) is 0 Å². The summed E-state index contributed by atoms with van der Waals surface area (Å²) in [4.78, 5) is 0. The molecule has 4 atom stereocenters. The predicted molar refractivity (Wildman–Crippen MR) is 134 cm³/mol. The van der Waals surface area contributed by atoms with Gasteiger partial charge < -0.3 is 0 Å². The molecule has 0 spiro atoms. The fraction of sp³-hybridized carbons (Fsp3) is 0.741. The lowest BCUT2D eigenvalue weighted by Crippen LogP contribution is -2.34. The average Bonchev–Trinajstić information content (AvgIpc) is 3.27. The van der Waals surface area contributed by atoms with Gasteiger partial charge in [0.15, 0.2) is 6.66 Å². The van der Waals surface area contributed by atoms with Crippen molar-refractivity contribution in [3.63, 3.8) is 0 Å². The van der Waals surface area contributed by atoms with Crippen LogP contribution < -0.4 is 5.30 Å². The number of benzene rings is 1. The molecule has 2 radical (unpaired) electrons. The predicted octanol–water partition coefficient (Wildman–Crippen LogP) is 8.33. The molecule has 3 aliphatic rings. The molecular formula is C27H43P2+. The van der Waals surface area contributed by atoms with Crippen molar-refractivity contribution in [3.8, 4) is 0 Å². The normalized spacial score (nSPS) is 28.7. The van der Waals surface area contributed by atoms with Crippen molar-refractivity contribution in [2.75, 3.05) is 6.66 Å². The zero-order valence-corrected chi connectivity index (χ0v) is 20.7. The van der Waals surface area contributed by atoms with Crippen molar-refractivity contribution in [1.82, 2.24) is 0 Å². The zero-order chi connectivity index (χ0) is 20.3. The van der Waals surface area contributed by atoms with Gasteiger partial charge in [0, 0.05) is 5.92 Å². The zero-order valence-electron chi connectivity index (χ0n) is 18.9. The summed E-state index contributed by atoms with van der Waals surface area (Å²) in [5.41, 5.74) is 3.82. The Morgan fingerprint density at radius 3 is 1.90 bits per heavy atom. The molecule has 3 unspecified atom stereocenters. The summed E-state index contributed by atoms with van der Waals surface area (Å²) in [6, 6.07) is 11.2. The first-order valence-electron chi connectivity index (χ1n) is 12.6. The van der Waals surface area contributed by atoms with Crippen LogP contribution in [0.25, 0.3) is 0 Å². The second-order valence-electron chi connectivity index (χ2n) is 10.4. The van der Waals surface area contributed by atoms with E-state index in [1.807, 2.05) is 0 Å². The maximum absolute atomic E-state index is 7.25. The second-order valence-corrected chi connectivity index (χ2v) is 17.1. The maximum Gasteiger partial charge on any atom is 0.155 e. The molecule has 160 valence electrons. The summed E-state index contributed by atoms with van der Waals surface area (Å²) >= 11 is 0. The smallest absolute Gasteiger partial charge is 0.0970 e. The lowest BCUT2D eigenvalue weighted by Gasteiger charge is -2.45. The minimum absolute atomic E-state index is 0.150. The van der Waals surface area contributed by atoms with E-state index in [-0.39, 0.29) is 7.92 Å². The van der Waals surface area contributed by atoms with Crippen LogP contribution in [-0.2, 0) is 0 Å². The Bertz CT molecular complexity index is 595. The van der Waals surface area contributed by atoms with Crippen LogP contribution >= 0.6 is 15.2 Å². The molecule has 1 aromatic rings. The van der Waals surface area contributed by atoms with E-state index < -0.39 is 7.26 Å². The first-order valence-corrected chi connectivity index (χ1v) is 16.5. The molecule has 0 aliphatic heterocycles. The Balaban J connectivity index is 1.57. The Morgan fingerprint density at radius 2 is 1.34 bits per heavy atom. The van der Waals surface area contributed by atoms with E-state index >= 15 is 0 Å². The Morgan fingerprint density at radius 1 is 0.793 bits per heavy atom. The highest BCUT2D eigenvalue weighted by atomic mass is 31.2. The third-order valence-corrected chi connectivity index (χ3v) is 16.1. The van der Waals surface area contributed by atoms with Gasteiger partial charge in [-0.2, -0.15) is 0 Å². The summed E-state index contributed by atoms with van der Waals surface area (Å²) in [6.07, 6.45) is 19.4. The van der Waals surface area contributed by atoms with Gasteiger partial charge >= 0.3 is 0 Å². The molecule has 3 saturated carbocycles. The standard InChI is InChI=1S/C27H43P2/c1-22(28(23-14-7-4-8-15-23)24-16-9-5-10-17-24)26-20-13-21-27(26)29(2,3)25-18-11-6-12-19-25/h2,6,11-12,18-19,22-24,26-27H,4-5,7-10,13-17,20-21H2,1,3H3/q+1/t22-,26?,27?,29?/m1/s1. The lowest BCUT2D eigenvalue weighted by molar-refractivity contribution is 0.466.